The van der Waals surface area contributed by atoms with Crippen LogP contribution in [0.3, 0.4) is 0 Å². The number of thiazole rings is 1. The zero-order chi connectivity index (χ0) is 22.7. The maximum atomic E-state index is 12.6. The zero-order valence-electron chi connectivity index (χ0n) is 16.9. The zero-order valence-corrected chi connectivity index (χ0v) is 17.7. The first-order chi connectivity index (χ1) is 15.4. The second kappa shape index (κ2) is 8.94. The number of esters is 1. The number of nitro benzene ring substituents is 1. The molecule has 0 aliphatic rings. The average Bonchev–Trinajstić information content (AvgIpc) is 3.21. The summed E-state index contributed by atoms with van der Waals surface area (Å²) in [4.78, 5) is 39.5. The number of carbonyl (C=O) groups is 2. The van der Waals surface area contributed by atoms with E-state index in [2.05, 4.69) is 15.0 Å². The molecule has 3 aromatic carbocycles. The number of fused-ring (bicyclic) bond motifs is 1. The minimum atomic E-state index is -0.762. The highest BCUT2D eigenvalue weighted by atomic mass is 32.1. The molecule has 0 unspecified atom stereocenters. The highest BCUT2D eigenvalue weighted by molar-refractivity contribution is 7.18. The monoisotopic (exact) mass is 447 g/mol. The van der Waals surface area contributed by atoms with Gasteiger partial charge in [-0.3, -0.25) is 14.9 Å². The lowest BCUT2D eigenvalue weighted by atomic mass is 10.1. The fourth-order valence-corrected chi connectivity index (χ4v) is 4.16. The van der Waals surface area contributed by atoms with E-state index >= 15 is 0 Å². The van der Waals surface area contributed by atoms with Crippen molar-refractivity contribution in [1.29, 1.82) is 0 Å². The number of methoxy groups -OCH3 is 1. The predicted octanol–water partition coefficient (Wildman–Crippen LogP) is 4.83. The molecule has 0 fully saturated rings. The minimum absolute atomic E-state index is 0.0156. The number of benzene rings is 3. The number of hydrogen-bond donors (Lipinski definition) is 1. The van der Waals surface area contributed by atoms with Gasteiger partial charge in [0, 0.05) is 29.8 Å². The number of nitro groups is 1. The first kappa shape index (κ1) is 21.1. The molecule has 4 aromatic rings. The van der Waals surface area contributed by atoms with Crippen molar-refractivity contribution in [3.8, 4) is 0 Å². The SMILES string of the molecule is COC(=O)c1cc(C(=O)Nc2ccc(Cc3nc4ccccc4s3)cc2)cc([N+](=O)[O-])c1. The summed E-state index contributed by atoms with van der Waals surface area (Å²) in [6, 6.07) is 18.7. The van der Waals surface area contributed by atoms with E-state index in [-0.39, 0.29) is 16.8 Å². The molecule has 32 heavy (non-hydrogen) atoms. The van der Waals surface area contributed by atoms with Crippen molar-refractivity contribution in [2.24, 2.45) is 0 Å². The van der Waals surface area contributed by atoms with Crippen molar-refractivity contribution in [3.05, 3.63) is 98.5 Å². The standard InChI is InChI=1S/C23H17N3O5S/c1-31-23(28)16-11-15(12-18(13-16)26(29)30)22(27)24-17-8-6-14(7-9-17)10-21-25-19-4-2-3-5-20(19)32-21/h2-9,11-13H,10H2,1H3,(H,24,27). The molecule has 0 aliphatic heterocycles. The van der Waals surface area contributed by atoms with Gasteiger partial charge < -0.3 is 10.1 Å². The summed E-state index contributed by atoms with van der Waals surface area (Å²) in [6.07, 6.45) is 0.668. The third kappa shape index (κ3) is 4.62. The van der Waals surface area contributed by atoms with Gasteiger partial charge in [0.1, 0.15) is 0 Å². The lowest BCUT2D eigenvalue weighted by Gasteiger charge is -2.08. The maximum Gasteiger partial charge on any atom is 0.338 e. The number of ether oxygens (including phenoxy) is 1. The van der Waals surface area contributed by atoms with Crippen LogP contribution in [-0.2, 0) is 11.2 Å². The van der Waals surface area contributed by atoms with Crippen LogP contribution in [0.5, 0.6) is 0 Å². The van der Waals surface area contributed by atoms with E-state index in [1.807, 2.05) is 36.4 Å². The Morgan fingerprint density at radius 3 is 2.47 bits per heavy atom. The first-order valence-corrected chi connectivity index (χ1v) is 10.4. The topological polar surface area (TPSA) is 111 Å². The van der Waals surface area contributed by atoms with Gasteiger partial charge in [-0.2, -0.15) is 0 Å². The molecule has 9 heteroatoms. The van der Waals surface area contributed by atoms with E-state index in [1.54, 1.807) is 23.5 Å². The second-order valence-electron chi connectivity index (χ2n) is 6.92. The predicted molar refractivity (Wildman–Crippen MR) is 121 cm³/mol. The summed E-state index contributed by atoms with van der Waals surface area (Å²) in [5, 5.41) is 14.8. The Balaban J connectivity index is 1.49. The molecular weight excluding hydrogens is 430 g/mol. The first-order valence-electron chi connectivity index (χ1n) is 9.55. The summed E-state index contributed by atoms with van der Waals surface area (Å²) in [5.41, 5.74) is 2.07. The Morgan fingerprint density at radius 2 is 1.78 bits per heavy atom. The molecule has 0 saturated heterocycles. The van der Waals surface area contributed by atoms with Crippen LogP contribution in [0.2, 0.25) is 0 Å². The Hall–Kier alpha value is -4.11. The van der Waals surface area contributed by atoms with Gasteiger partial charge in [0.2, 0.25) is 0 Å². The molecule has 0 aliphatic carbocycles. The van der Waals surface area contributed by atoms with E-state index in [4.69, 9.17) is 0 Å². The van der Waals surface area contributed by atoms with Crippen LogP contribution in [0.15, 0.2) is 66.7 Å². The summed E-state index contributed by atoms with van der Waals surface area (Å²) in [5.74, 6) is -1.33. The Morgan fingerprint density at radius 1 is 1.06 bits per heavy atom. The molecule has 4 rings (SSSR count). The van der Waals surface area contributed by atoms with Gasteiger partial charge in [-0.15, -0.1) is 11.3 Å². The maximum absolute atomic E-state index is 12.6. The molecule has 0 spiro atoms. The average molecular weight is 447 g/mol. The Kier molecular flexibility index (Phi) is 5.91. The fourth-order valence-electron chi connectivity index (χ4n) is 3.16. The summed E-state index contributed by atoms with van der Waals surface area (Å²) in [7, 11) is 1.16. The van der Waals surface area contributed by atoms with Crippen molar-refractivity contribution in [3.63, 3.8) is 0 Å². The lowest BCUT2D eigenvalue weighted by molar-refractivity contribution is -0.384. The fraction of sp³-hybridized carbons (Fsp3) is 0.0870. The number of nitrogens with zero attached hydrogens (tertiary/aromatic N) is 2. The molecule has 1 aromatic heterocycles. The van der Waals surface area contributed by atoms with E-state index < -0.39 is 16.8 Å². The van der Waals surface area contributed by atoms with Crippen molar-refractivity contribution >= 4 is 44.8 Å². The van der Waals surface area contributed by atoms with Gasteiger partial charge in [0.15, 0.2) is 0 Å². The van der Waals surface area contributed by atoms with Crippen LogP contribution in [0, 0.1) is 10.1 Å². The summed E-state index contributed by atoms with van der Waals surface area (Å²) in [6.45, 7) is 0. The number of hydrogen-bond acceptors (Lipinski definition) is 7. The smallest absolute Gasteiger partial charge is 0.338 e. The molecule has 1 heterocycles. The number of para-hydroxylation sites is 1. The number of amides is 1. The second-order valence-corrected chi connectivity index (χ2v) is 8.04. The van der Waals surface area contributed by atoms with E-state index in [9.17, 15) is 19.7 Å². The molecule has 0 bridgehead atoms. The van der Waals surface area contributed by atoms with Gasteiger partial charge in [-0.1, -0.05) is 24.3 Å². The van der Waals surface area contributed by atoms with E-state index in [0.29, 0.717) is 12.1 Å². The van der Waals surface area contributed by atoms with Crippen LogP contribution < -0.4 is 5.32 Å². The highest BCUT2D eigenvalue weighted by Crippen LogP contribution is 2.24. The quantitative estimate of drug-likeness (QED) is 0.257. The summed E-state index contributed by atoms with van der Waals surface area (Å²) >= 11 is 1.64. The molecule has 160 valence electrons. The number of non-ortho nitro benzene ring substituents is 1. The number of rotatable bonds is 6. The highest BCUT2D eigenvalue weighted by Gasteiger charge is 2.18. The third-order valence-electron chi connectivity index (χ3n) is 4.72. The van der Waals surface area contributed by atoms with Gasteiger partial charge in [-0.05, 0) is 35.9 Å². The number of nitrogens with one attached hydrogen (secondary N) is 1. The summed E-state index contributed by atoms with van der Waals surface area (Å²) < 4.78 is 5.74. The number of carbonyl (C=O) groups excluding carboxylic acids is 2. The lowest BCUT2D eigenvalue weighted by Crippen LogP contribution is -2.14. The molecule has 8 nitrogen and oxygen atoms in total. The normalized spacial score (nSPS) is 10.7. The van der Waals surface area contributed by atoms with Crippen molar-refractivity contribution in [2.75, 3.05) is 12.4 Å². The van der Waals surface area contributed by atoms with Crippen molar-refractivity contribution in [1.82, 2.24) is 4.98 Å². The van der Waals surface area contributed by atoms with Crippen LogP contribution in [0.1, 0.15) is 31.3 Å². The molecule has 0 radical (unpaired) electrons. The van der Waals surface area contributed by atoms with Crippen LogP contribution in [0.4, 0.5) is 11.4 Å². The Bertz CT molecular complexity index is 1300. The van der Waals surface area contributed by atoms with Crippen LogP contribution in [0.25, 0.3) is 10.2 Å². The van der Waals surface area contributed by atoms with Crippen LogP contribution >= 0.6 is 11.3 Å². The van der Waals surface area contributed by atoms with Crippen LogP contribution in [-0.4, -0.2) is 28.9 Å². The van der Waals surface area contributed by atoms with Gasteiger partial charge >= 0.3 is 5.97 Å². The molecule has 1 amide bonds. The van der Waals surface area contributed by atoms with E-state index in [0.717, 1.165) is 40.0 Å². The van der Waals surface area contributed by atoms with Crippen molar-refractivity contribution < 1.29 is 19.2 Å². The van der Waals surface area contributed by atoms with Gasteiger partial charge in [-0.25, -0.2) is 9.78 Å². The number of anilines is 1. The molecule has 0 atom stereocenters. The third-order valence-corrected chi connectivity index (χ3v) is 5.75. The largest absolute Gasteiger partial charge is 0.465 e. The Labute approximate surface area is 186 Å². The molecule has 0 saturated carbocycles. The van der Waals surface area contributed by atoms with Gasteiger partial charge in [0.05, 0.1) is 32.8 Å². The number of aromatic nitrogens is 1. The van der Waals surface area contributed by atoms with Crippen molar-refractivity contribution in [2.45, 2.75) is 6.42 Å². The van der Waals surface area contributed by atoms with E-state index in [1.165, 1.54) is 6.07 Å². The molecule has 1 N–H and O–H groups in total. The minimum Gasteiger partial charge on any atom is -0.465 e. The molecular formula is C23H17N3O5S. The van der Waals surface area contributed by atoms with Gasteiger partial charge in [0.25, 0.3) is 11.6 Å².